The Kier molecular flexibility index (Phi) is 6.36. The second kappa shape index (κ2) is 8.99. The van der Waals surface area contributed by atoms with Gasteiger partial charge in [-0.05, 0) is 64.5 Å². The molecule has 0 aliphatic heterocycles. The molecular formula is C21H12BrCl2N3OS2. The number of fused-ring (bicyclic) bond motifs is 1. The Labute approximate surface area is 200 Å². The number of amides is 1. The van der Waals surface area contributed by atoms with Crippen molar-refractivity contribution in [2.24, 2.45) is 0 Å². The summed E-state index contributed by atoms with van der Waals surface area (Å²) in [6.45, 7) is 0. The van der Waals surface area contributed by atoms with E-state index in [1.807, 2.05) is 30.3 Å². The van der Waals surface area contributed by atoms with Crippen molar-refractivity contribution in [3.05, 3.63) is 80.7 Å². The van der Waals surface area contributed by atoms with Crippen LogP contribution in [0.15, 0.2) is 65.1 Å². The van der Waals surface area contributed by atoms with Gasteiger partial charge >= 0.3 is 0 Å². The fourth-order valence-corrected chi connectivity index (χ4v) is 5.00. The van der Waals surface area contributed by atoms with Gasteiger partial charge in [0.05, 0.1) is 31.5 Å². The average Bonchev–Trinajstić information content (AvgIpc) is 3.14. The predicted octanol–water partition coefficient (Wildman–Crippen LogP) is 7.16. The van der Waals surface area contributed by atoms with Gasteiger partial charge in [-0.1, -0.05) is 47.5 Å². The van der Waals surface area contributed by atoms with Crippen molar-refractivity contribution >= 4 is 89.6 Å². The van der Waals surface area contributed by atoms with Crippen LogP contribution in [0.5, 0.6) is 0 Å². The molecule has 0 aliphatic carbocycles. The zero-order valence-corrected chi connectivity index (χ0v) is 19.8. The number of para-hydroxylation sites is 1. The third-order valence-electron chi connectivity index (χ3n) is 4.17. The zero-order valence-electron chi connectivity index (χ0n) is 15.1. The molecule has 0 saturated carbocycles. The first-order valence-corrected chi connectivity index (χ1v) is 11.4. The van der Waals surface area contributed by atoms with Gasteiger partial charge in [-0.15, -0.1) is 11.3 Å². The lowest BCUT2D eigenvalue weighted by Crippen LogP contribution is -2.34. The Morgan fingerprint density at radius 1 is 1.03 bits per heavy atom. The van der Waals surface area contributed by atoms with E-state index in [9.17, 15) is 4.79 Å². The third kappa shape index (κ3) is 4.50. The van der Waals surface area contributed by atoms with Crippen molar-refractivity contribution in [1.29, 1.82) is 0 Å². The van der Waals surface area contributed by atoms with Crippen LogP contribution in [0.25, 0.3) is 20.8 Å². The van der Waals surface area contributed by atoms with Crippen LogP contribution in [0.1, 0.15) is 10.4 Å². The number of carbonyl (C=O) groups excluding carboxylic acids is 1. The summed E-state index contributed by atoms with van der Waals surface area (Å²) in [5.74, 6) is -0.337. The SMILES string of the molecule is O=C(NC(=S)Nc1cc(-c2nc3ccccc3s2)c(Cl)cc1Cl)c1ccccc1Br. The summed E-state index contributed by atoms with van der Waals surface area (Å²) in [7, 11) is 0. The van der Waals surface area contributed by atoms with Crippen LogP contribution in [-0.4, -0.2) is 16.0 Å². The zero-order chi connectivity index (χ0) is 21.3. The molecule has 9 heteroatoms. The van der Waals surface area contributed by atoms with Crippen LogP contribution >= 0.6 is 62.7 Å². The van der Waals surface area contributed by atoms with Crippen molar-refractivity contribution < 1.29 is 4.79 Å². The molecule has 150 valence electrons. The lowest BCUT2D eigenvalue weighted by atomic mass is 10.2. The normalized spacial score (nSPS) is 10.8. The van der Waals surface area contributed by atoms with E-state index in [1.165, 1.54) is 11.3 Å². The minimum absolute atomic E-state index is 0.121. The topological polar surface area (TPSA) is 54.0 Å². The van der Waals surface area contributed by atoms with Crippen molar-refractivity contribution in [2.75, 3.05) is 5.32 Å². The van der Waals surface area contributed by atoms with E-state index in [0.29, 0.717) is 25.8 Å². The molecule has 30 heavy (non-hydrogen) atoms. The first kappa shape index (κ1) is 21.2. The molecule has 1 aromatic heterocycles. The summed E-state index contributed by atoms with van der Waals surface area (Å²) >= 11 is 23.0. The molecule has 4 aromatic rings. The standard InChI is InChI=1S/C21H12BrCl2N3OS2/c22-13-6-2-1-5-11(13)19(28)27-21(29)26-17-9-12(14(23)10-15(17)24)20-25-16-7-3-4-8-18(16)30-20/h1-10H,(H2,26,27,28,29). The maximum atomic E-state index is 12.5. The van der Waals surface area contributed by atoms with E-state index in [2.05, 4.69) is 31.5 Å². The van der Waals surface area contributed by atoms with E-state index < -0.39 is 0 Å². The smallest absolute Gasteiger partial charge is 0.258 e. The highest BCUT2D eigenvalue weighted by atomic mass is 79.9. The number of anilines is 1. The number of aromatic nitrogens is 1. The fourth-order valence-electron chi connectivity index (χ4n) is 2.77. The van der Waals surface area contributed by atoms with Gasteiger partial charge in [0, 0.05) is 10.0 Å². The summed E-state index contributed by atoms with van der Waals surface area (Å²) in [6, 6.07) is 18.3. The molecule has 0 radical (unpaired) electrons. The van der Waals surface area contributed by atoms with Crippen molar-refractivity contribution in [3.8, 4) is 10.6 Å². The predicted molar refractivity (Wildman–Crippen MR) is 133 cm³/mol. The van der Waals surface area contributed by atoms with Crippen LogP contribution in [0.3, 0.4) is 0 Å². The van der Waals surface area contributed by atoms with E-state index in [-0.39, 0.29) is 11.0 Å². The van der Waals surface area contributed by atoms with Crippen LogP contribution in [0.4, 0.5) is 5.69 Å². The monoisotopic (exact) mass is 535 g/mol. The first-order chi connectivity index (χ1) is 14.4. The van der Waals surface area contributed by atoms with Crippen molar-refractivity contribution in [3.63, 3.8) is 0 Å². The van der Waals surface area contributed by atoms with E-state index in [0.717, 1.165) is 20.8 Å². The molecule has 0 fully saturated rings. The molecule has 1 amide bonds. The Balaban J connectivity index is 1.58. The van der Waals surface area contributed by atoms with Gasteiger partial charge in [0.1, 0.15) is 5.01 Å². The Hall–Kier alpha value is -2.03. The maximum absolute atomic E-state index is 12.5. The number of nitrogens with zero attached hydrogens (tertiary/aromatic N) is 1. The second-order valence-corrected chi connectivity index (χ2v) is 9.29. The largest absolute Gasteiger partial charge is 0.331 e. The number of thiocarbonyl (C=S) groups is 1. The molecule has 4 nitrogen and oxygen atoms in total. The molecule has 0 aliphatic rings. The molecule has 0 saturated heterocycles. The minimum atomic E-state index is -0.337. The van der Waals surface area contributed by atoms with Gasteiger partial charge in [0.2, 0.25) is 0 Å². The van der Waals surface area contributed by atoms with Gasteiger partial charge in [0.25, 0.3) is 5.91 Å². The highest BCUT2D eigenvalue weighted by Gasteiger charge is 2.16. The Morgan fingerprint density at radius 2 is 1.77 bits per heavy atom. The van der Waals surface area contributed by atoms with Crippen LogP contribution < -0.4 is 10.6 Å². The molecule has 0 atom stereocenters. The minimum Gasteiger partial charge on any atom is -0.331 e. The molecule has 3 aromatic carbocycles. The molecule has 1 heterocycles. The second-order valence-electron chi connectivity index (χ2n) is 6.19. The number of hydrogen-bond acceptors (Lipinski definition) is 4. The highest BCUT2D eigenvalue weighted by Crippen LogP contribution is 2.38. The van der Waals surface area contributed by atoms with Gasteiger partial charge in [0.15, 0.2) is 5.11 Å². The quantitative estimate of drug-likeness (QED) is 0.273. The van der Waals surface area contributed by atoms with Gasteiger partial charge in [-0.25, -0.2) is 4.98 Å². The van der Waals surface area contributed by atoms with Crippen molar-refractivity contribution in [2.45, 2.75) is 0 Å². The van der Waals surface area contributed by atoms with Crippen molar-refractivity contribution in [1.82, 2.24) is 10.3 Å². The van der Waals surface area contributed by atoms with Crippen LogP contribution in [0.2, 0.25) is 10.0 Å². The van der Waals surface area contributed by atoms with E-state index in [1.54, 1.807) is 30.3 Å². The Morgan fingerprint density at radius 3 is 2.53 bits per heavy atom. The van der Waals surface area contributed by atoms with E-state index >= 15 is 0 Å². The molecule has 0 spiro atoms. The Bertz CT molecular complexity index is 1260. The highest BCUT2D eigenvalue weighted by molar-refractivity contribution is 9.10. The molecule has 0 unspecified atom stereocenters. The van der Waals surface area contributed by atoms with Gasteiger partial charge in [-0.2, -0.15) is 0 Å². The third-order valence-corrected chi connectivity index (χ3v) is 6.77. The lowest BCUT2D eigenvalue weighted by molar-refractivity contribution is 0.0977. The lowest BCUT2D eigenvalue weighted by Gasteiger charge is -2.13. The summed E-state index contributed by atoms with van der Waals surface area (Å²) < 4.78 is 1.73. The maximum Gasteiger partial charge on any atom is 0.258 e. The van der Waals surface area contributed by atoms with E-state index in [4.69, 9.17) is 35.4 Å². The summed E-state index contributed by atoms with van der Waals surface area (Å²) in [4.78, 5) is 17.1. The van der Waals surface area contributed by atoms with Crippen LogP contribution in [-0.2, 0) is 0 Å². The first-order valence-electron chi connectivity index (χ1n) is 8.64. The molecular weight excluding hydrogens is 525 g/mol. The summed E-state index contributed by atoms with van der Waals surface area (Å²) in [5, 5.41) is 7.37. The van der Waals surface area contributed by atoms with Gasteiger partial charge < -0.3 is 5.32 Å². The number of rotatable bonds is 3. The number of nitrogens with one attached hydrogen (secondary N) is 2. The summed E-state index contributed by atoms with van der Waals surface area (Å²) in [6.07, 6.45) is 0. The van der Waals surface area contributed by atoms with Crippen LogP contribution in [0, 0.1) is 0 Å². The number of carbonyl (C=O) groups is 1. The summed E-state index contributed by atoms with van der Waals surface area (Å²) in [5.41, 5.74) is 2.62. The number of thiazole rings is 1. The van der Waals surface area contributed by atoms with Gasteiger partial charge in [-0.3, -0.25) is 10.1 Å². The molecule has 4 rings (SSSR count). The number of benzene rings is 3. The molecule has 0 bridgehead atoms. The number of halogens is 3. The average molecular weight is 537 g/mol. The number of hydrogen-bond donors (Lipinski definition) is 2. The molecule has 2 N–H and O–H groups in total. The fraction of sp³-hybridized carbons (Fsp3) is 0.